The number of rotatable bonds is 5. The van der Waals surface area contributed by atoms with Crippen LogP contribution in [0.4, 0.5) is 5.69 Å². The molecule has 1 heterocycles. The molecule has 1 aliphatic heterocycles. The lowest BCUT2D eigenvalue weighted by atomic mass is 10.1. The molecule has 0 bridgehead atoms. The van der Waals surface area contributed by atoms with E-state index in [1.54, 1.807) is 6.07 Å². The summed E-state index contributed by atoms with van der Waals surface area (Å²) < 4.78 is 0. The van der Waals surface area contributed by atoms with Crippen molar-refractivity contribution in [2.75, 3.05) is 23.4 Å². The highest BCUT2D eigenvalue weighted by Gasteiger charge is 2.24. The molecule has 1 aromatic rings. The van der Waals surface area contributed by atoms with E-state index in [4.69, 9.17) is 0 Å². The molecule has 132 valence electrons. The van der Waals surface area contributed by atoms with Crippen molar-refractivity contribution in [2.24, 2.45) is 0 Å². The molecule has 1 atom stereocenters. The molecule has 2 fully saturated rings. The predicted octanol–water partition coefficient (Wildman–Crippen LogP) is 2.34. The summed E-state index contributed by atoms with van der Waals surface area (Å²) in [6.45, 7) is 2.89. The first kappa shape index (κ1) is 19.1. The van der Waals surface area contributed by atoms with Crippen molar-refractivity contribution >= 4 is 41.7 Å². The lowest BCUT2D eigenvalue weighted by molar-refractivity contribution is -0.116. The van der Waals surface area contributed by atoms with Gasteiger partial charge in [-0.1, -0.05) is 6.07 Å². The first-order valence-corrected chi connectivity index (χ1v) is 9.30. The van der Waals surface area contributed by atoms with Crippen LogP contribution in [0.1, 0.15) is 35.2 Å². The number of carbonyl (C=O) groups excluding carboxylic acids is 2. The summed E-state index contributed by atoms with van der Waals surface area (Å²) in [5, 5.41) is 9.29. The third-order valence-electron chi connectivity index (χ3n) is 4.12. The van der Waals surface area contributed by atoms with Gasteiger partial charge in [0.25, 0.3) is 5.91 Å². The Bertz CT molecular complexity index is 601. The maximum Gasteiger partial charge on any atom is 0.251 e. The Balaban J connectivity index is 0.00000208. The molecule has 2 amide bonds. The molecule has 1 saturated carbocycles. The van der Waals surface area contributed by atoms with Crippen LogP contribution >= 0.6 is 24.2 Å². The highest BCUT2D eigenvalue weighted by atomic mass is 35.5. The van der Waals surface area contributed by atoms with Crippen molar-refractivity contribution in [2.45, 2.75) is 38.3 Å². The summed E-state index contributed by atoms with van der Waals surface area (Å²) in [6, 6.07) is 6.02. The number of amides is 2. The van der Waals surface area contributed by atoms with Crippen molar-refractivity contribution in [1.82, 2.24) is 10.6 Å². The van der Waals surface area contributed by atoms with Crippen molar-refractivity contribution in [1.29, 1.82) is 0 Å². The molecule has 1 aromatic carbocycles. The molecule has 7 heteroatoms. The Morgan fingerprint density at radius 1 is 1.33 bits per heavy atom. The number of thioether (sulfide) groups is 1. The normalized spacial score (nSPS) is 20.0. The van der Waals surface area contributed by atoms with Crippen LogP contribution in [0, 0.1) is 6.92 Å². The average molecular weight is 370 g/mol. The van der Waals surface area contributed by atoms with E-state index in [-0.39, 0.29) is 30.3 Å². The number of nitrogens with one attached hydrogen (secondary N) is 3. The largest absolute Gasteiger partial charge is 0.349 e. The van der Waals surface area contributed by atoms with Crippen LogP contribution in [0.3, 0.4) is 0 Å². The van der Waals surface area contributed by atoms with Gasteiger partial charge in [0.1, 0.15) is 0 Å². The number of halogens is 1. The first-order valence-electron chi connectivity index (χ1n) is 8.14. The molecule has 0 radical (unpaired) electrons. The standard InChI is InChI=1S/C17H23N3O2S.ClH/c1-11-2-3-12(17(22)19-13-4-5-13)8-15(11)20-16(21)9-14-10-23-7-6-18-14;/h2-3,8,13-14,18H,4-7,9-10H2,1H3,(H,19,22)(H,20,21);1H. The summed E-state index contributed by atoms with van der Waals surface area (Å²) in [5.41, 5.74) is 2.29. The molecule has 1 aliphatic carbocycles. The van der Waals surface area contributed by atoms with Crippen molar-refractivity contribution in [3.63, 3.8) is 0 Å². The fraction of sp³-hybridized carbons (Fsp3) is 0.529. The van der Waals surface area contributed by atoms with E-state index in [9.17, 15) is 9.59 Å². The minimum Gasteiger partial charge on any atom is -0.349 e. The smallest absolute Gasteiger partial charge is 0.251 e. The summed E-state index contributed by atoms with van der Waals surface area (Å²) in [6.07, 6.45) is 2.59. The fourth-order valence-electron chi connectivity index (χ4n) is 2.57. The van der Waals surface area contributed by atoms with Crippen LogP contribution < -0.4 is 16.0 Å². The van der Waals surface area contributed by atoms with E-state index in [0.29, 0.717) is 18.0 Å². The van der Waals surface area contributed by atoms with Crippen LogP contribution in [0.2, 0.25) is 0 Å². The maximum absolute atomic E-state index is 12.2. The van der Waals surface area contributed by atoms with Gasteiger partial charge in [0, 0.05) is 47.8 Å². The Morgan fingerprint density at radius 2 is 2.12 bits per heavy atom. The molecule has 1 unspecified atom stereocenters. The summed E-state index contributed by atoms with van der Waals surface area (Å²) >= 11 is 1.88. The fourth-order valence-corrected chi connectivity index (χ4v) is 3.52. The predicted molar refractivity (Wildman–Crippen MR) is 101 cm³/mol. The zero-order valence-corrected chi connectivity index (χ0v) is 15.4. The SMILES string of the molecule is Cc1ccc(C(=O)NC2CC2)cc1NC(=O)CC1CSCCN1.Cl. The van der Waals surface area contributed by atoms with Gasteiger partial charge >= 0.3 is 0 Å². The third kappa shape index (κ3) is 5.40. The number of hydrogen-bond donors (Lipinski definition) is 3. The Kier molecular flexibility index (Phi) is 6.95. The number of aryl methyl sites for hydroxylation is 1. The van der Waals surface area contributed by atoms with E-state index < -0.39 is 0 Å². The monoisotopic (exact) mass is 369 g/mol. The summed E-state index contributed by atoms with van der Waals surface area (Å²) in [4.78, 5) is 24.4. The number of anilines is 1. The van der Waals surface area contributed by atoms with Gasteiger partial charge in [-0.25, -0.2) is 0 Å². The van der Waals surface area contributed by atoms with Gasteiger partial charge < -0.3 is 16.0 Å². The molecule has 1 saturated heterocycles. The van der Waals surface area contributed by atoms with E-state index in [0.717, 1.165) is 42.1 Å². The molecular formula is C17H24ClN3O2S. The quantitative estimate of drug-likeness (QED) is 0.745. The number of benzene rings is 1. The van der Waals surface area contributed by atoms with E-state index >= 15 is 0 Å². The van der Waals surface area contributed by atoms with Crippen LogP contribution in [-0.4, -0.2) is 41.9 Å². The lowest BCUT2D eigenvalue weighted by Gasteiger charge is -2.22. The van der Waals surface area contributed by atoms with Gasteiger partial charge in [0.15, 0.2) is 0 Å². The zero-order valence-electron chi connectivity index (χ0n) is 13.8. The molecule has 3 rings (SSSR count). The van der Waals surface area contributed by atoms with Crippen LogP contribution in [0.25, 0.3) is 0 Å². The second kappa shape index (κ2) is 8.74. The maximum atomic E-state index is 12.2. The minimum atomic E-state index is -0.0617. The molecule has 0 spiro atoms. The van der Waals surface area contributed by atoms with E-state index in [2.05, 4.69) is 16.0 Å². The topological polar surface area (TPSA) is 70.2 Å². The second-order valence-corrected chi connectivity index (χ2v) is 7.41. The van der Waals surface area contributed by atoms with Gasteiger partial charge in [-0.15, -0.1) is 12.4 Å². The highest BCUT2D eigenvalue weighted by Crippen LogP contribution is 2.21. The van der Waals surface area contributed by atoms with Crippen molar-refractivity contribution in [3.05, 3.63) is 29.3 Å². The second-order valence-electron chi connectivity index (χ2n) is 6.26. The van der Waals surface area contributed by atoms with Crippen LogP contribution in [-0.2, 0) is 4.79 Å². The summed E-state index contributed by atoms with van der Waals surface area (Å²) in [5.74, 6) is 2.01. The third-order valence-corrected chi connectivity index (χ3v) is 5.25. The number of carbonyl (C=O) groups is 2. The number of hydrogen-bond acceptors (Lipinski definition) is 4. The van der Waals surface area contributed by atoms with E-state index in [1.165, 1.54) is 0 Å². The van der Waals surface area contributed by atoms with Crippen LogP contribution in [0.5, 0.6) is 0 Å². The molecular weight excluding hydrogens is 346 g/mol. The molecule has 24 heavy (non-hydrogen) atoms. The van der Waals surface area contributed by atoms with Crippen LogP contribution in [0.15, 0.2) is 18.2 Å². The zero-order chi connectivity index (χ0) is 16.2. The first-order chi connectivity index (χ1) is 11.1. The molecule has 2 aliphatic rings. The molecule has 0 aromatic heterocycles. The van der Waals surface area contributed by atoms with Crippen molar-refractivity contribution < 1.29 is 9.59 Å². The Morgan fingerprint density at radius 3 is 2.79 bits per heavy atom. The van der Waals surface area contributed by atoms with E-state index in [1.807, 2.05) is 30.8 Å². The Labute approximate surface area is 153 Å². The molecule has 5 nitrogen and oxygen atoms in total. The lowest BCUT2D eigenvalue weighted by Crippen LogP contribution is -2.40. The summed E-state index contributed by atoms with van der Waals surface area (Å²) in [7, 11) is 0. The van der Waals surface area contributed by atoms with Gasteiger partial charge in [-0.3, -0.25) is 9.59 Å². The average Bonchev–Trinajstić information content (AvgIpc) is 3.34. The Hall–Kier alpha value is -1.24. The highest BCUT2D eigenvalue weighted by molar-refractivity contribution is 7.99. The van der Waals surface area contributed by atoms with Gasteiger partial charge in [-0.2, -0.15) is 11.8 Å². The minimum absolute atomic E-state index is 0. The van der Waals surface area contributed by atoms with Gasteiger partial charge in [-0.05, 0) is 37.5 Å². The van der Waals surface area contributed by atoms with Gasteiger partial charge in [0.05, 0.1) is 0 Å². The molecule has 3 N–H and O–H groups in total. The van der Waals surface area contributed by atoms with Gasteiger partial charge in [0.2, 0.25) is 5.91 Å². The van der Waals surface area contributed by atoms with Crippen molar-refractivity contribution in [3.8, 4) is 0 Å².